The minimum atomic E-state index is 0.0283. The molecule has 2 nitrogen and oxygen atoms in total. The van der Waals surface area contributed by atoms with Crippen LogP contribution in [0.15, 0.2) is 36.9 Å². The molecule has 1 unspecified atom stereocenters. The minimum absolute atomic E-state index is 0.0283. The molecule has 104 valence electrons. The van der Waals surface area contributed by atoms with Crippen molar-refractivity contribution in [2.75, 3.05) is 13.2 Å². The Kier molecular flexibility index (Phi) is 6.12. The van der Waals surface area contributed by atoms with Crippen molar-refractivity contribution in [3.8, 4) is 0 Å². The highest BCUT2D eigenvalue weighted by Crippen LogP contribution is 2.14. The van der Waals surface area contributed by atoms with Crippen molar-refractivity contribution in [2.24, 2.45) is 0 Å². The van der Waals surface area contributed by atoms with Crippen LogP contribution in [0.2, 0.25) is 0 Å². The van der Waals surface area contributed by atoms with E-state index in [9.17, 15) is 0 Å². The second-order valence-corrected chi connectivity index (χ2v) is 5.06. The summed E-state index contributed by atoms with van der Waals surface area (Å²) in [5, 5.41) is 0. The highest BCUT2D eigenvalue weighted by molar-refractivity contribution is 5.23. The minimum Gasteiger partial charge on any atom is -0.353 e. The molecule has 0 aliphatic carbocycles. The van der Waals surface area contributed by atoms with Crippen LogP contribution in [-0.4, -0.2) is 19.5 Å². The van der Waals surface area contributed by atoms with E-state index in [-0.39, 0.29) is 6.29 Å². The normalized spacial score (nSPS) is 19.3. The molecule has 2 heteroatoms. The van der Waals surface area contributed by atoms with Crippen LogP contribution < -0.4 is 0 Å². The first-order valence-electron chi connectivity index (χ1n) is 7.30. The van der Waals surface area contributed by atoms with Crippen LogP contribution in [0.1, 0.15) is 36.8 Å². The third-order valence-corrected chi connectivity index (χ3v) is 3.49. The fraction of sp³-hybridized carbons (Fsp3) is 0.529. The molecule has 1 aromatic rings. The van der Waals surface area contributed by atoms with Gasteiger partial charge in [-0.1, -0.05) is 30.3 Å². The Labute approximate surface area is 116 Å². The van der Waals surface area contributed by atoms with Gasteiger partial charge in [-0.2, -0.15) is 0 Å². The molecule has 1 heterocycles. The second kappa shape index (κ2) is 8.13. The van der Waals surface area contributed by atoms with E-state index in [1.54, 1.807) is 0 Å². The zero-order valence-electron chi connectivity index (χ0n) is 11.6. The zero-order chi connectivity index (χ0) is 13.3. The van der Waals surface area contributed by atoms with Gasteiger partial charge in [0.1, 0.15) is 0 Å². The van der Waals surface area contributed by atoms with Crippen molar-refractivity contribution in [3.05, 3.63) is 48.0 Å². The lowest BCUT2D eigenvalue weighted by Crippen LogP contribution is -2.23. The summed E-state index contributed by atoms with van der Waals surface area (Å²) in [6.45, 7) is 5.35. The average molecular weight is 260 g/mol. The quantitative estimate of drug-likeness (QED) is 0.692. The number of rotatable bonds is 7. The Hall–Kier alpha value is -1.12. The Morgan fingerprint density at radius 2 is 1.89 bits per heavy atom. The van der Waals surface area contributed by atoms with Crippen LogP contribution in [0.5, 0.6) is 0 Å². The smallest absolute Gasteiger partial charge is 0.157 e. The maximum absolute atomic E-state index is 5.75. The lowest BCUT2D eigenvalue weighted by Gasteiger charge is -2.22. The summed E-state index contributed by atoms with van der Waals surface area (Å²) in [5.74, 6) is 0. The van der Waals surface area contributed by atoms with Crippen LogP contribution in [0.4, 0.5) is 0 Å². The van der Waals surface area contributed by atoms with Crippen molar-refractivity contribution in [3.63, 3.8) is 0 Å². The van der Waals surface area contributed by atoms with Gasteiger partial charge in [-0.05, 0) is 49.7 Å². The van der Waals surface area contributed by atoms with Gasteiger partial charge in [0.15, 0.2) is 6.29 Å². The van der Waals surface area contributed by atoms with Crippen LogP contribution in [0.25, 0.3) is 0 Å². The van der Waals surface area contributed by atoms with Crippen LogP contribution >= 0.6 is 0 Å². The van der Waals surface area contributed by atoms with E-state index >= 15 is 0 Å². The molecule has 0 spiro atoms. The lowest BCUT2D eigenvalue weighted by atomic mass is 10.1. The molecule has 0 amide bonds. The molecule has 19 heavy (non-hydrogen) atoms. The first kappa shape index (κ1) is 14.3. The Balaban J connectivity index is 1.68. The van der Waals surface area contributed by atoms with E-state index in [0.29, 0.717) is 0 Å². The summed E-state index contributed by atoms with van der Waals surface area (Å²) < 4.78 is 11.3. The zero-order valence-corrected chi connectivity index (χ0v) is 11.6. The topological polar surface area (TPSA) is 18.5 Å². The van der Waals surface area contributed by atoms with E-state index in [1.807, 2.05) is 6.08 Å². The largest absolute Gasteiger partial charge is 0.353 e. The Morgan fingerprint density at radius 3 is 2.53 bits per heavy atom. The van der Waals surface area contributed by atoms with Crippen molar-refractivity contribution in [1.82, 2.24) is 0 Å². The summed E-state index contributed by atoms with van der Waals surface area (Å²) in [6.07, 6.45) is 8.51. The second-order valence-electron chi connectivity index (χ2n) is 5.06. The van der Waals surface area contributed by atoms with Crippen molar-refractivity contribution >= 4 is 0 Å². The summed E-state index contributed by atoms with van der Waals surface area (Å²) in [4.78, 5) is 0. The van der Waals surface area contributed by atoms with Crippen molar-refractivity contribution < 1.29 is 9.47 Å². The molecule has 1 saturated heterocycles. The van der Waals surface area contributed by atoms with Gasteiger partial charge in [-0.15, -0.1) is 6.58 Å². The molecular weight excluding hydrogens is 236 g/mol. The number of aryl methyl sites for hydroxylation is 1. The van der Waals surface area contributed by atoms with E-state index < -0.39 is 0 Å². The molecule has 0 aromatic heterocycles. The van der Waals surface area contributed by atoms with Gasteiger partial charge in [-0.3, -0.25) is 0 Å². The first-order valence-corrected chi connectivity index (χ1v) is 7.30. The molecule has 1 aromatic carbocycles. The Bertz CT molecular complexity index is 363. The maximum atomic E-state index is 5.75. The predicted octanol–water partition coefficient (Wildman–Crippen LogP) is 3.89. The van der Waals surface area contributed by atoms with Crippen molar-refractivity contribution in [2.45, 2.75) is 44.8 Å². The van der Waals surface area contributed by atoms with Gasteiger partial charge in [0.25, 0.3) is 0 Å². The van der Waals surface area contributed by atoms with Crippen LogP contribution in [0.3, 0.4) is 0 Å². The standard InChI is InChI=1S/C17H24O2/c1-2-3-6-15-8-10-16(11-9-15)12-14-19-17-7-4-5-13-18-17/h2,8-11,17H,1,3-7,12-14H2. The van der Waals surface area contributed by atoms with Crippen LogP contribution in [-0.2, 0) is 22.3 Å². The fourth-order valence-corrected chi connectivity index (χ4v) is 2.29. The van der Waals surface area contributed by atoms with Gasteiger partial charge in [0.05, 0.1) is 6.61 Å². The van der Waals surface area contributed by atoms with E-state index in [0.717, 1.165) is 38.9 Å². The maximum Gasteiger partial charge on any atom is 0.157 e. The van der Waals surface area contributed by atoms with Gasteiger partial charge in [0, 0.05) is 6.61 Å². The molecule has 0 saturated carbocycles. The molecular formula is C17H24O2. The highest BCUT2D eigenvalue weighted by Gasteiger charge is 2.13. The summed E-state index contributed by atoms with van der Waals surface area (Å²) in [7, 11) is 0. The van der Waals surface area contributed by atoms with Gasteiger partial charge < -0.3 is 9.47 Å². The third-order valence-electron chi connectivity index (χ3n) is 3.49. The monoisotopic (exact) mass is 260 g/mol. The van der Waals surface area contributed by atoms with E-state index in [2.05, 4.69) is 30.8 Å². The van der Waals surface area contributed by atoms with Gasteiger partial charge in [-0.25, -0.2) is 0 Å². The number of hydrogen-bond donors (Lipinski definition) is 0. The molecule has 2 rings (SSSR count). The molecule has 0 N–H and O–H groups in total. The molecule has 1 fully saturated rings. The van der Waals surface area contributed by atoms with E-state index in [4.69, 9.17) is 9.47 Å². The molecule has 1 atom stereocenters. The highest BCUT2D eigenvalue weighted by atomic mass is 16.7. The van der Waals surface area contributed by atoms with E-state index in [1.165, 1.54) is 24.0 Å². The molecule has 1 aliphatic rings. The number of benzene rings is 1. The number of hydrogen-bond acceptors (Lipinski definition) is 2. The number of ether oxygens (including phenoxy) is 2. The third kappa shape index (κ3) is 5.17. The molecule has 1 aliphatic heterocycles. The molecule has 0 bridgehead atoms. The van der Waals surface area contributed by atoms with Gasteiger partial charge in [0.2, 0.25) is 0 Å². The Morgan fingerprint density at radius 1 is 1.16 bits per heavy atom. The predicted molar refractivity (Wildman–Crippen MR) is 78.2 cm³/mol. The van der Waals surface area contributed by atoms with Gasteiger partial charge >= 0.3 is 0 Å². The fourth-order valence-electron chi connectivity index (χ4n) is 2.29. The summed E-state index contributed by atoms with van der Waals surface area (Å²) in [5.41, 5.74) is 2.71. The summed E-state index contributed by atoms with van der Waals surface area (Å²) in [6, 6.07) is 8.80. The van der Waals surface area contributed by atoms with Crippen LogP contribution in [0, 0.1) is 0 Å². The van der Waals surface area contributed by atoms with Crippen molar-refractivity contribution in [1.29, 1.82) is 0 Å². The SMILES string of the molecule is C=CCCc1ccc(CCOC2CCCCO2)cc1. The first-order chi connectivity index (χ1) is 9.38. The molecule has 0 radical (unpaired) electrons. The average Bonchev–Trinajstić information content (AvgIpc) is 2.47. The lowest BCUT2D eigenvalue weighted by molar-refractivity contribution is -0.161. The summed E-state index contributed by atoms with van der Waals surface area (Å²) >= 11 is 0. The number of allylic oxidation sites excluding steroid dienone is 1.